The van der Waals surface area contributed by atoms with Crippen LogP contribution in [0, 0.1) is 10.8 Å². The third-order valence-corrected chi connectivity index (χ3v) is 2.31. The number of amides is 1. The Kier molecular flexibility index (Phi) is 5.37. The van der Waals surface area contributed by atoms with Crippen molar-refractivity contribution in [3.8, 4) is 0 Å². The lowest BCUT2D eigenvalue weighted by atomic mass is 9.99. The van der Waals surface area contributed by atoms with Crippen molar-refractivity contribution in [2.75, 3.05) is 11.9 Å². The van der Waals surface area contributed by atoms with E-state index in [1.807, 2.05) is 32.9 Å². The summed E-state index contributed by atoms with van der Waals surface area (Å²) >= 11 is 0. The maximum Gasteiger partial charge on any atom is 0.407 e. The monoisotopic (exact) mass is 278 g/mol. The summed E-state index contributed by atoms with van der Waals surface area (Å²) in [7, 11) is 0. The summed E-state index contributed by atoms with van der Waals surface area (Å²) in [4.78, 5) is 11.5. The fourth-order valence-electron chi connectivity index (χ4n) is 1.37. The molecule has 20 heavy (non-hydrogen) atoms. The van der Waals surface area contributed by atoms with Crippen LogP contribution in [0.5, 0.6) is 0 Å². The van der Waals surface area contributed by atoms with Gasteiger partial charge < -0.3 is 21.1 Å². The van der Waals surface area contributed by atoms with Crippen molar-refractivity contribution in [2.45, 2.75) is 27.3 Å². The van der Waals surface area contributed by atoms with Gasteiger partial charge in [0.05, 0.1) is 6.61 Å². The van der Waals surface area contributed by atoms with Gasteiger partial charge in [-0.1, -0.05) is 32.9 Å². The molecule has 5 N–H and O–H groups in total. The summed E-state index contributed by atoms with van der Waals surface area (Å²) in [5.41, 5.74) is 6.85. The zero-order valence-electron chi connectivity index (χ0n) is 12.1. The van der Waals surface area contributed by atoms with Crippen molar-refractivity contribution in [2.24, 2.45) is 11.1 Å². The molecule has 0 spiro atoms. The number of hydrogen-bond acceptors (Lipinski definition) is 3. The van der Waals surface area contributed by atoms with Gasteiger partial charge in [-0.15, -0.1) is 0 Å². The van der Waals surface area contributed by atoms with Crippen LogP contribution in [0.15, 0.2) is 24.3 Å². The molecule has 1 amide bonds. The highest BCUT2D eigenvalue weighted by molar-refractivity contribution is 5.89. The van der Waals surface area contributed by atoms with Crippen molar-refractivity contribution in [1.29, 1.82) is 5.41 Å². The molecule has 0 saturated carbocycles. The Balaban J connectivity index is 2.38. The number of hydrogen-bond donors (Lipinski definition) is 4. The van der Waals surface area contributed by atoms with Crippen molar-refractivity contribution in [1.82, 2.24) is 5.32 Å². The molecule has 0 radical (unpaired) electrons. The Bertz CT molecular complexity index is 463. The number of nitrogens with two attached hydrogens (primary N) is 1. The third-order valence-electron chi connectivity index (χ3n) is 2.31. The molecule has 6 heteroatoms. The molecule has 0 unspecified atom stereocenters. The SMILES string of the molecule is CC(C)(C)COC(=O)NCc1ccc(NC(=N)N)cc1. The number of anilines is 1. The quantitative estimate of drug-likeness (QED) is 0.501. The van der Waals surface area contributed by atoms with Gasteiger partial charge in [-0.25, -0.2) is 4.79 Å². The molecular weight excluding hydrogens is 256 g/mol. The molecule has 1 aromatic carbocycles. The summed E-state index contributed by atoms with van der Waals surface area (Å²) in [6.45, 7) is 6.77. The Hall–Kier alpha value is -2.24. The topological polar surface area (TPSA) is 100 Å². The highest BCUT2D eigenvalue weighted by atomic mass is 16.5. The number of benzene rings is 1. The van der Waals surface area contributed by atoms with Crippen molar-refractivity contribution >= 4 is 17.7 Å². The van der Waals surface area contributed by atoms with Gasteiger partial charge in [0.1, 0.15) is 0 Å². The first-order valence-electron chi connectivity index (χ1n) is 6.37. The van der Waals surface area contributed by atoms with Gasteiger partial charge in [-0.2, -0.15) is 0 Å². The number of alkyl carbamates (subject to hydrolysis) is 1. The number of guanidine groups is 1. The molecule has 0 aliphatic carbocycles. The maximum absolute atomic E-state index is 11.5. The summed E-state index contributed by atoms with van der Waals surface area (Å²) in [5, 5.41) is 12.5. The molecule has 0 aliphatic rings. The molecule has 0 fully saturated rings. The number of nitrogens with one attached hydrogen (secondary N) is 3. The van der Waals surface area contributed by atoms with Crippen LogP contribution in [0.25, 0.3) is 0 Å². The van der Waals surface area contributed by atoms with E-state index < -0.39 is 6.09 Å². The minimum Gasteiger partial charge on any atom is -0.449 e. The molecule has 0 atom stereocenters. The molecule has 0 bridgehead atoms. The predicted molar refractivity (Wildman–Crippen MR) is 79.6 cm³/mol. The van der Waals surface area contributed by atoms with E-state index >= 15 is 0 Å². The number of carbonyl (C=O) groups is 1. The number of carbonyl (C=O) groups excluding carboxylic acids is 1. The molecule has 0 saturated heterocycles. The van der Waals surface area contributed by atoms with Crippen LogP contribution in [-0.2, 0) is 11.3 Å². The van der Waals surface area contributed by atoms with E-state index in [0.717, 1.165) is 11.3 Å². The van der Waals surface area contributed by atoms with Gasteiger partial charge in [-0.3, -0.25) is 5.41 Å². The highest BCUT2D eigenvalue weighted by Gasteiger charge is 2.13. The van der Waals surface area contributed by atoms with Crippen LogP contribution in [0.3, 0.4) is 0 Å². The zero-order chi connectivity index (χ0) is 15.2. The van der Waals surface area contributed by atoms with Gasteiger partial charge in [-0.05, 0) is 23.1 Å². The maximum atomic E-state index is 11.5. The number of ether oxygens (including phenoxy) is 1. The normalized spacial score (nSPS) is 10.8. The van der Waals surface area contributed by atoms with Gasteiger partial charge in [0.2, 0.25) is 0 Å². The smallest absolute Gasteiger partial charge is 0.407 e. The first-order chi connectivity index (χ1) is 9.26. The van der Waals surface area contributed by atoms with Crippen LogP contribution in [0.2, 0.25) is 0 Å². The fourth-order valence-corrected chi connectivity index (χ4v) is 1.37. The van der Waals surface area contributed by atoms with Crippen LogP contribution < -0.4 is 16.4 Å². The third kappa shape index (κ3) is 6.63. The molecule has 0 aromatic heterocycles. The summed E-state index contributed by atoms with van der Waals surface area (Å²) in [6.07, 6.45) is -0.425. The second-order valence-corrected chi connectivity index (χ2v) is 5.73. The molecule has 1 rings (SSSR count). The Labute approximate surface area is 119 Å². The second-order valence-electron chi connectivity index (χ2n) is 5.73. The lowest BCUT2D eigenvalue weighted by Crippen LogP contribution is -2.27. The first kappa shape index (κ1) is 15.8. The lowest BCUT2D eigenvalue weighted by molar-refractivity contribution is 0.106. The van der Waals surface area contributed by atoms with Crippen molar-refractivity contribution in [3.05, 3.63) is 29.8 Å². The van der Waals surface area contributed by atoms with Crippen molar-refractivity contribution < 1.29 is 9.53 Å². The second kappa shape index (κ2) is 6.79. The van der Waals surface area contributed by atoms with Crippen LogP contribution in [-0.4, -0.2) is 18.7 Å². The van der Waals surface area contributed by atoms with Gasteiger partial charge >= 0.3 is 6.09 Å². The van der Waals surface area contributed by atoms with E-state index in [9.17, 15) is 4.79 Å². The molecule has 0 aliphatic heterocycles. The van der Waals surface area contributed by atoms with E-state index in [0.29, 0.717) is 13.2 Å². The average Bonchev–Trinajstić information content (AvgIpc) is 2.34. The summed E-state index contributed by atoms with van der Waals surface area (Å²) in [6, 6.07) is 7.27. The van der Waals surface area contributed by atoms with E-state index in [4.69, 9.17) is 15.9 Å². The van der Waals surface area contributed by atoms with Gasteiger partial charge in [0, 0.05) is 12.2 Å². The number of rotatable bonds is 4. The van der Waals surface area contributed by atoms with E-state index in [-0.39, 0.29) is 11.4 Å². The minimum atomic E-state index is -0.425. The van der Waals surface area contributed by atoms with Crippen LogP contribution >= 0.6 is 0 Å². The molecular formula is C14H22N4O2. The summed E-state index contributed by atoms with van der Waals surface area (Å²) in [5.74, 6) is -0.110. The van der Waals surface area contributed by atoms with E-state index in [1.165, 1.54) is 0 Å². The lowest BCUT2D eigenvalue weighted by Gasteiger charge is -2.18. The largest absolute Gasteiger partial charge is 0.449 e. The highest BCUT2D eigenvalue weighted by Crippen LogP contribution is 2.13. The first-order valence-corrected chi connectivity index (χ1v) is 6.37. The molecule has 110 valence electrons. The fraction of sp³-hybridized carbons (Fsp3) is 0.429. The van der Waals surface area contributed by atoms with Gasteiger partial charge in [0.25, 0.3) is 0 Å². The summed E-state index contributed by atoms with van der Waals surface area (Å²) < 4.78 is 5.10. The van der Waals surface area contributed by atoms with Crippen LogP contribution in [0.4, 0.5) is 10.5 Å². The Morgan fingerprint density at radius 3 is 2.40 bits per heavy atom. The van der Waals surface area contributed by atoms with E-state index in [1.54, 1.807) is 12.1 Å². The molecule has 6 nitrogen and oxygen atoms in total. The zero-order valence-corrected chi connectivity index (χ0v) is 12.1. The van der Waals surface area contributed by atoms with Crippen LogP contribution in [0.1, 0.15) is 26.3 Å². The van der Waals surface area contributed by atoms with Crippen molar-refractivity contribution in [3.63, 3.8) is 0 Å². The standard InChI is InChI=1S/C14H22N4O2/c1-14(2,3)9-20-13(19)17-8-10-4-6-11(7-5-10)18-12(15)16/h4-7H,8-9H2,1-3H3,(H,17,19)(H4,15,16,18). The average molecular weight is 278 g/mol. The Morgan fingerprint density at radius 1 is 1.30 bits per heavy atom. The Morgan fingerprint density at radius 2 is 1.90 bits per heavy atom. The predicted octanol–water partition coefficient (Wildman–Crippen LogP) is 2.26. The minimum absolute atomic E-state index is 0.0443. The van der Waals surface area contributed by atoms with E-state index in [2.05, 4.69) is 10.6 Å². The molecule has 1 aromatic rings. The molecule has 0 heterocycles. The van der Waals surface area contributed by atoms with Gasteiger partial charge in [0.15, 0.2) is 5.96 Å².